The van der Waals surface area contributed by atoms with E-state index in [4.69, 9.17) is 4.52 Å². The van der Waals surface area contributed by atoms with Gasteiger partial charge in [0.05, 0.1) is 18.7 Å². The van der Waals surface area contributed by atoms with Crippen LogP contribution in [-0.4, -0.2) is 31.8 Å². The second kappa shape index (κ2) is 4.16. The van der Waals surface area contributed by atoms with Crippen molar-refractivity contribution in [2.24, 2.45) is 7.05 Å². The van der Waals surface area contributed by atoms with Gasteiger partial charge in [-0.25, -0.2) is 4.98 Å². The van der Waals surface area contributed by atoms with E-state index < -0.39 is 0 Å². The van der Waals surface area contributed by atoms with Gasteiger partial charge in [-0.1, -0.05) is 5.16 Å². The summed E-state index contributed by atoms with van der Waals surface area (Å²) in [6.07, 6.45) is 7.96. The molecule has 6 nitrogen and oxygen atoms in total. The van der Waals surface area contributed by atoms with E-state index in [-0.39, 0.29) is 0 Å². The van der Waals surface area contributed by atoms with Crippen LogP contribution in [0.25, 0.3) is 0 Å². The summed E-state index contributed by atoms with van der Waals surface area (Å²) in [6.45, 7) is 0. The number of imidazole rings is 1. The van der Waals surface area contributed by atoms with Crippen molar-refractivity contribution >= 4 is 0 Å². The molecule has 4 heterocycles. The highest BCUT2D eigenvalue weighted by molar-refractivity contribution is 5.12. The number of aromatic nitrogens is 4. The number of nitrogens with one attached hydrogen (secondary N) is 1. The van der Waals surface area contributed by atoms with E-state index in [1.54, 1.807) is 6.33 Å². The quantitative estimate of drug-likeness (QED) is 0.890. The Labute approximate surface area is 111 Å². The van der Waals surface area contributed by atoms with Crippen LogP contribution in [0, 0.1) is 0 Å². The topological polar surface area (TPSA) is 68.8 Å². The van der Waals surface area contributed by atoms with Crippen LogP contribution in [0.3, 0.4) is 0 Å². The summed E-state index contributed by atoms with van der Waals surface area (Å²) in [5, 5.41) is 7.70. The van der Waals surface area contributed by atoms with Gasteiger partial charge in [0.15, 0.2) is 5.82 Å². The van der Waals surface area contributed by atoms with E-state index in [9.17, 15) is 0 Å². The van der Waals surface area contributed by atoms with Crippen molar-refractivity contribution in [3.63, 3.8) is 0 Å². The molecule has 0 aromatic carbocycles. The van der Waals surface area contributed by atoms with E-state index in [0.717, 1.165) is 23.8 Å². The molecule has 100 valence electrons. The van der Waals surface area contributed by atoms with Gasteiger partial charge < -0.3 is 14.4 Å². The summed E-state index contributed by atoms with van der Waals surface area (Å²) in [5.74, 6) is 1.96. The van der Waals surface area contributed by atoms with E-state index in [1.807, 2.05) is 17.8 Å². The lowest BCUT2D eigenvalue weighted by molar-refractivity contribution is 0.327. The van der Waals surface area contributed by atoms with Gasteiger partial charge in [0.2, 0.25) is 5.89 Å². The Morgan fingerprint density at radius 1 is 1.47 bits per heavy atom. The first-order valence-electron chi connectivity index (χ1n) is 6.83. The van der Waals surface area contributed by atoms with Crippen LogP contribution in [0.5, 0.6) is 0 Å². The minimum atomic E-state index is 0.409. The summed E-state index contributed by atoms with van der Waals surface area (Å²) < 4.78 is 7.44. The molecule has 1 N–H and O–H groups in total. The molecule has 0 radical (unpaired) electrons. The van der Waals surface area contributed by atoms with Gasteiger partial charge in [-0.3, -0.25) is 0 Å². The average molecular weight is 259 g/mol. The Balaban J connectivity index is 1.52. The number of hydrogen-bond acceptors (Lipinski definition) is 5. The highest BCUT2D eigenvalue weighted by Gasteiger charge is 2.42. The molecule has 2 bridgehead atoms. The van der Waals surface area contributed by atoms with Crippen LogP contribution in [0.1, 0.15) is 42.6 Å². The summed E-state index contributed by atoms with van der Waals surface area (Å²) in [4.78, 5) is 8.67. The number of nitrogens with zero attached hydrogens (tertiary/aromatic N) is 4. The third-order valence-corrected chi connectivity index (χ3v) is 4.36. The van der Waals surface area contributed by atoms with Gasteiger partial charge in [-0.15, -0.1) is 0 Å². The molecule has 0 aliphatic carbocycles. The molecule has 0 amide bonds. The lowest BCUT2D eigenvalue weighted by atomic mass is 9.89. The van der Waals surface area contributed by atoms with Crippen LogP contribution in [-0.2, 0) is 13.5 Å². The molecule has 2 aromatic heterocycles. The number of fused-ring (bicyclic) bond motifs is 2. The first-order chi connectivity index (χ1) is 9.29. The number of rotatable bonds is 3. The van der Waals surface area contributed by atoms with Crippen LogP contribution in [0.2, 0.25) is 0 Å². The Morgan fingerprint density at radius 2 is 2.42 bits per heavy atom. The summed E-state index contributed by atoms with van der Waals surface area (Å²) in [7, 11) is 1.98. The molecule has 0 unspecified atom stereocenters. The molecule has 2 aliphatic rings. The summed E-state index contributed by atoms with van der Waals surface area (Å²) >= 11 is 0. The molecule has 2 aliphatic heterocycles. The van der Waals surface area contributed by atoms with E-state index in [1.165, 1.54) is 12.8 Å². The molecule has 4 rings (SSSR count). The van der Waals surface area contributed by atoms with Crippen molar-refractivity contribution in [1.29, 1.82) is 0 Å². The average Bonchev–Trinajstić information content (AvgIpc) is 3.15. The third-order valence-electron chi connectivity index (χ3n) is 4.36. The highest BCUT2D eigenvalue weighted by Crippen LogP contribution is 2.39. The van der Waals surface area contributed by atoms with Crippen LogP contribution >= 0.6 is 0 Å². The van der Waals surface area contributed by atoms with Crippen molar-refractivity contribution < 1.29 is 4.52 Å². The van der Waals surface area contributed by atoms with Crippen LogP contribution in [0.4, 0.5) is 0 Å². The Kier molecular flexibility index (Phi) is 2.44. The molecule has 3 atom stereocenters. The van der Waals surface area contributed by atoms with Crippen molar-refractivity contribution in [3.8, 4) is 0 Å². The fourth-order valence-electron chi connectivity index (χ4n) is 3.30. The fraction of sp³-hybridized carbons (Fsp3) is 0.615. The maximum absolute atomic E-state index is 5.46. The van der Waals surface area contributed by atoms with Crippen molar-refractivity contribution in [3.05, 3.63) is 29.9 Å². The highest BCUT2D eigenvalue weighted by atomic mass is 16.5. The Bertz CT molecular complexity index is 589. The largest absolute Gasteiger partial charge is 0.339 e. The van der Waals surface area contributed by atoms with Crippen molar-refractivity contribution in [1.82, 2.24) is 25.0 Å². The maximum Gasteiger partial charge on any atom is 0.231 e. The van der Waals surface area contributed by atoms with Gasteiger partial charge in [0.1, 0.15) is 0 Å². The zero-order valence-corrected chi connectivity index (χ0v) is 10.9. The van der Waals surface area contributed by atoms with Gasteiger partial charge in [0.25, 0.3) is 0 Å². The van der Waals surface area contributed by atoms with Crippen LogP contribution < -0.4 is 5.32 Å². The molecule has 2 saturated heterocycles. The molecule has 0 spiro atoms. The summed E-state index contributed by atoms with van der Waals surface area (Å²) in [6, 6.07) is 1.19. The van der Waals surface area contributed by atoms with Crippen molar-refractivity contribution in [2.75, 3.05) is 0 Å². The fourth-order valence-corrected chi connectivity index (χ4v) is 3.30. The zero-order chi connectivity index (χ0) is 12.8. The summed E-state index contributed by atoms with van der Waals surface area (Å²) in [5.41, 5.74) is 1.10. The second-order valence-corrected chi connectivity index (χ2v) is 5.61. The molecule has 0 saturated carbocycles. The molecule has 2 aromatic rings. The third kappa shape index (κ3) is 1.87. The Morgan fingerprint density at radius 3 is 3.11 bits per heavy atom. The Hall–Kier alpha value is -1.69. The van der Waals surface area contributed by atoms with E-state index >= 15 is 0 Å². The van der Waals surface area contributed by atoms with Gasteiger partial charge in [0, 0.05) is 31.0 Å². The van der Waals surface area contributed by atoms with E-state index in [2.05, 4.69) is 20.4 Å². The first kappa shape index (κ1) is 11.2. The second-order valence-electron chi connectivity index (χ2n) is 5.61. The maximum atomic E-state index is 5.46. The minimum absolute atomic E-state index is 0.409. The van der Waals surface area contributed by atoms with E-state index in [0.29, 0.717) is 24.4 Å². The molecule has 2 fully saturated rings. The van der Waals surface area contributed by atoms with Crippen molar-refractivity contribution in [2.45, 2.75) is 43.7 Å². The standard InChI is InChI=1S/C13H17N5O/c1-18-7-14-6-9(18)5-12-16-13(19-17-12)10-4-8-2-3-11(10)15-8/h6-8,10-11,15H,2-5H2,1H3/t8-,10+,11+/m0/s1. The predicted octanol–water partition coefficient (Wildman–Crippen LogP) is 1.00. The number of aryl methyl sites for hydroxylation is 1. The molecular weight excluding hydrogens is 242 g/mol. The van der Waals surface area contributed by atoms with Gasteiger partial charge >= 0.3 is 0 Å². The van der Waals surface area contributed by atoms with Crippen LogP contribution in [0.15, 0.2) is 17.0 Å². The number of hydrogen-bond donors (Lipinski definition) is 1. The zero-order valence-electron chi connectivity index (χ0n) is 10.9. The minimum Gasteiger partial charge on any atom is -0.339 e. The van der Waals surface area contributed by atoms with Gasteiger partial charge in [-0.05, 0) is 19.3 Å². The van der Waals surface area contributed by atoms with Gasteiger partial charge in [-0.2, -0.15) is 4.98 Å². The lowest BCUT2D eigenvalue weighted by Gasteiger charge is -2.15. The monoisotopic (exact) mass is 259 g/mol. The first-order valence-corrected chi connectivity index (χ1v) is 6.83. The molecular formula is C13H17N5O. The predicted molar refractivity (Wildman–Crippen MR) is 67.6 cm³/mol. The lowest BCUT2D eigenvalue weighted by Crippen LogP contribution is -2.21. The smallest absolute Gasteiger partial charge is 0.231 e. The normalized spacial score (nSPS) is 29.2. The molecule has 19 heavy (non-hydrogen) atoms. The molecule has 6 heteroatoms. The SMILES string of the molecule is Cn1cncc1Cc1noc([C@@H]2C[C@@H]3CC[C@H]2N3)n1.